The quantitative estimate of drug-likeness (QED) is 0.268. The van der Waals surface area contributed by atoms with E-state index in [1.165, 1.54) is 5.56 Å². The molecule has 200 valence electrons. The summed E-state index contributed by atoms with van der Waals surface area (Å²) in [6, 6.07) is 16.0. The topological polar surface area (TPSA) is 71.3 Å². The average molecular weight is 552 g/mol. The number of nitrogens with zero attached hydrogens (tertiary/aromatic N) is 5. The maximum absolute atomic E-state index is 12.9. The molecule has 1 aromatic heterocycles. The van der Waals surface area contributed by atoms with E-state index < -0.39 is 0 Å². The van der Waals surface area contributed by atoms with Crippen LogP contribution >= 0.6 is 23.4 Å². The summed E-state index contributed by atoms with van der Waals surface area (Å²) >= 11 is 7.90. The Kier molecular flexibility index (Phi) is 8.39. The SMILES string of the molecule is Cc1ccc(-c2nnc(SCCCC(=O)N3CCN(C(=O)C4CCC4)C(C)C3)n2-c2cccc(Cl)c2)cc1. The first-order valence-electron chi connectivity index (χ1n) is 13.4. The number of carbonyl (C=O) groups is 2. The van der Waals surface area contributed by atoms with Gasteiger partial charge in [0, 0.05) is 54.4 Å². The molecule has 1 saturated carbocycles. The molecule has 1 aliphatic heterocycles. The van der Waals surface area contributed by atoms with Gasteiger partial charge in [0.05, 0.1) is 5.69 Å². The Morgan fingerprint density at radius 2 is 1.87 bits per heavy atom. The van der Waals surface area contributed by atoms with Crippen LogP contribution in [0.4, 0.5) is 0 Å². The van der Waals surface area contributed by atoms with Gasteiger partial charge in [0.15, 0.2) is 11.0 Å². The first-order valence-corrected chi connectivity index (χ1v) is 14.8. The van der Waals surface area contributed by atoms with Gasteiger partial charge in [0.25, 0.3) is 0 Å². The summed E-state index contributed by atoms with van der Waals surface area (Å²) in [6.07, 6.45) is 4.40. The lowest BCUT2D eigenvalue weighted by Crippen LogP contribution is -2.57. The molecule has 2 aromatic carbocycles. The molecule has 0 spiro atoms. The highest BCUT2D eigenvalue weighted by Gasteiger charge is 2.35. The van der Waals surface area contributed by atoms with E-state index in [2.05, 4.69) is 36.2 Å². The standard InChI is InChI=1S/C29H34ClN5O2S/c1-20-11-13-22(14-12-20)27-31-32-29(35(27)25-9-4-8-24(30)18-25)38-17-5-10-26(36)33-15-16-34(21(2)19-33)28(37)23-6-3-7-23/h4,8-9,11-14,18,21,23H,3,5-7,10,15-17,19H2,1-2H3. The molecular weight excluding hydrogens is 518 g/mol. The summed E-state index contributed by atoms with van der Waals surface area (Å²) in [5, 5.41) is 10.4. The number of hydrogen-bond acceptors (Lipinski definition) is 5. The van der Waals surface area contributed by atoms with Crippen molar-refractivity contribution in [2.24, 2.45) is 5.92 Å². The van der Waals surface area contributed by atoms with Crippen molar-refractivity contribution in [3.05, 3.63) is 59.1 Å². The van der Waals surface area contributed by atoms with Gasteiger partial charge in [0.2, 0.25) is 11.8 Å². The Morgan fingerprint density at radius 1 is 1.08 bits per heavy atom. The highest BCUT2D eigenvalue weighted by Crippen LogP contribution is 2.31. The van der Waals surface area contributed by atoms with E-state index in [-0.39, 0.29) is 23.8 Å². The highest BCUT2D eigenvalue weighted by atomic mass is 35.5. The van der Waals surface area contributed by atoms with Crippen LogP contribution < -0.4 is 0 Å². The Labute approximate surface area is 233 Å². The number of amides is 2. The van der Waals surface area contributed by atoms with Crippen molar-refractivity contribution in [3.8, 4) is 17.1 Å². The number of aryl methyl sites for hydroxylation is 1. The van der Waals surface area contributed by atoms with Crippen molar-refractivity contribution in [2.45, 2.75) is 57.1 Å². The molecule has 1 unspecified atom stereocenters. The van der Waals surface area contributed by atoms with Crippen molar-refractivity contribution in [1.29, 1.82) is 0 Å². The molecule has 2 aliphatic rings. The maximum atomic E-state index is 12.9. The minimum atomic E-state index is 0.0756. The lowest BCUT2D eigenvalue weighted by atomic mass is 9.84. The summed E-state index contributed by atoms with van der Waals surface area (Å²) in [5.74, 6) is 2.14. The van der Waals surface area contributed by atoms with E-state index in [1.807, 2.05) is 50.8 Å². The lowest BCUT2D eigenvalue weighted by molar-refractivity contribution is -0.147. The smallest absolute Gasteiger partial charge is 0.226 e. The van der Waals surface area contributed by atoms with Gasteiger partial charge in [-0.2, -0.15) is 0 Å². The molecule has 7 nitrogen and oxygen atoms in total. The first-order chi connectivity index (χ1) is 18.4. The molecule has 1 saturated heterocycles. The minimum absolute atomic E-state index is 0.0756. The zero-order valence-corrected chi connectivity index (χ0v) is 23.5. The van der Waals surface area contributed by atoms with Crippen LogP contribution in [0.1, 0.15) is 44.6 Å². The second-order valence-electron chi connectivity index (χ2n) is 10.3. The largest absolute Gasteiger partial charge is 0.339 e. The van der Waals surface area contributed by atoms with Gasteiger partial charge in [-0.3, -0.25) is 14.2 Å². The molecule has 2 heterocycles. The van der Waals surface area contributed by atoms with Gasteiger partial charge < -0.3 is 9.80 Å². The third-order valence-electron chi connectivity index (χ3n) is 7.49. The Hall–Kier alpha value is -2.84. The number of carbonyl (C=O) groups excluding carboxylic acids is 2. The maximum Gasteiger partial charge on any atom is 0.226 e. The number of piperazine rings is 1. The summed E-state index contributed by atoms with van der Waals surface area (Å²) in [4.78, 5) is 29.5. The van der Waals surface area contributed by atoms with E-state index >= 15 is 0 Å². The highest BCUT2D eigenvalue weighted by molar-refractivity contribution is 7.99. The van der Waals surface area contributed by atoms with Crippen LogP contribution in [-0.2, 0) is 9.59 Å². The molecule has 1 atom stereocenters. The summed E-state index contributed by atoms with van der Waals surface area (Å²) < 4.78 is 2.03. The van der Waals surface area contributed by atoms with Crippen LogP contribution in [0, 0.1) is 12.8 Å². The predicted octanol–water partition coefficient (Wildman–Crippen LogP) is 5.63. The monoisotopic (exact) mass is 551 g/mol. The Bertz CT molecular complexity index is 1290. The number of hydrogen-bond donors (Lipinski definition) is 0. The molecule has 1 aliphatic carbocycles. The van der Waals surface area contributed by atoms with E-state index in [4.69, 9.17) is 11.6 Å². The number of rotatable bonds is 8. The van der Waals surface area contributed by atoms with Gasteiger partial charge >= 0.3 is 0 Å². The second kappa shape index (κ2) is 11.9. The first kappa shape index (κ1) is 26.8. The fourth-order valence-electron chi connectivity index (χ4n) is 5.05. The zero-order valence-electron chi connectivity index (χ0n) is 22.0. The molecule has 2 fully saturated rings. The zero-order chi connectivity index (χ0) is 26.6. The average Bonchev–Trinajstić information content (AvgIpc) is 3.29. The summed E-state index contributed by atoms with van der Waals surface area (Å²) in [7, 11) is 0. The van der Waals surface area contributed by atoms with E-state index in [0.29, 0.717) is 31.1 Å². The van der Waals surface area contributed by atoms with Crippen molar-refractivity contribution < 1.29 is 9.59 Å². The van der Waals surface area contributed by atoms with Crippen LogP contribution in [0.5, 0.6) is 0 Å². The van der Waals surface area contributed by atoms with Gasteiger partial charge in [-0.25, -0.2) is 0 Å². The number of thioether (sulfide) groups is 1. The summed E-state index contributed by atoms with van der Waals surface area (Å²) in [6.45, 7) is 6.00. The van der Waals surface area contributed by atoms with Crippen LogP contribution in [0.25, 0.3) is 17.1 Å². The molecule has 0 N–H and O–H groups in total. The van der Waals surface area contributed by atoms with Gasteiger partial charge in [-0.1, -0.05) is 65.7 Å². The van der Waals surface area contributed by atoms with Crippen molar-refractivity contribution in [3.63, 3.8) is 0 Å². The Balaban J connectivity index is 1.19. The second-order valence-corrected chi connectivity index (χ2v) is 11.8. The van der Waals surface area contributed by atoms with Crippen LogP contribution in [-0.4, -0.2) is 67.8 Å². The summed E-state index contributed by atoms with van der Waals surface area (Å²) in [5.41, 5.74) is 3.07. The predicted molar refractivity (Wildman–Crippen MR) is 152 cm³/mol. The van der Waals surface area contributed by atoms with Crippen LogP contribution in [0.15, 0.2) is 53.7 Å². The van der Waals surface area contributed by atoms with Gasteiger partial charge in [0.1, 0.15) is 0 Å². The molecule has 38 heavy (non-hydrogen) atoms. The van der Waals surface area contributed by atoms with Gasteiger partial charge in [-0.05, 0) is 51.3 Å². The van der Waals surface area contributed by atoms with E-state index in [1.54, 1.807) is 11.8 Å². The number of aromatic nitrogens is 3. The van der Waals surface area contributed by atoms with Crippen molar-refractivity contribution >= 4 is 35.2 Å². The third-order valence-corrected chi connectivity index (χ3v) is 8.74. The fourth-order valence-corrected chi connectivity index (χ4v) is 6.12. The number of halogens is 1. The molecule has 0 radical (unpaired) electrons. The van der Waals surface area contributed by atoms with E-state index in [0.717, 1.165) is 53.7 Å². The van der Waals surface area contributed by atoms with E-state index in [9.17, 15) is 9.59 Å². The van der Waals surface area contributed by atoms with Crippen molar-refractivity contribution in [2.75, 3.05) is 25.4 Å². The molecule has 3 aromatic rings. The third kappa shape index (κ3) is 5.91. The normalized spacial score (nSPS) is 17.9. The molecule has 5 rings (SSSR count). The fraction of sp³-hybridized carbons (Fsp3) is 0.448. The Morgan fingerprint density at radius 3 is 2.55 bits per heavy atom. The van der Waals surface area contributed by atoms with Gasteiger partial charge in [-0.15, -0.1) is 10.2 Å². The molecule has 0 bridgehead atoms. The minimum Gasteiger partial charge on any atom is -0.339 e. The molecule has 2 amide bonds. The molecular formula is C29H34ClN5O2S. The number of benzene rings is 2. The van der Waals surface area contributed by atoms with Crippen LogP contribution in [0.3, 0.4) is 0 Å². The molecule has 9 heteroatoms. The lowest BCUT2D eigenvalue weighted by Gasteiger charge is -2.42. The van der Waals surface area contributed by atoms with Crippen LogP contribution in [0.2, 0.25) is 5.02 Å². The van der Waals surface area contributed by atoms with Crippen molar-refractivity contribution in [1.82, 2.24) is 24.6 Å².